The molecule has 0 spiro atoms. The van der Waals surface area contributed by atoms with Gasteiger partial charge in [0, 0.05) is 13.1 Å². The maximum atomic E-state index is 6.13. The summed E-state index contributed by atoms with van der Waals surface area (Å²) in [5, 5.41) is 4.51. The Bertz CT molecular complexity index is 476. The first kappa shape index (κ1) is 13.8. The first-order valence-electron chi connectivity index (χ1n) is 4.52. The molecular weight excluding hydrogens is 345 g/mol. The van der Waals surface area contributed by atoms with Gasteiger partial charge in [-0.2, -0.15) is 0 Å². The average Bonchev–Trinajstić information content (AvgIpc) is 2.71. The number of thiocarbonyl (C=S) groups is 1. The van der Waals surface area contributed by atoms with E-state index in [4.69, 9.17) is 70.2 Å². The Kier molecular flexibility index (Phi) is 4.18. The van der Waals surface area contributed by atoms with E-state index in [1.165, 1.54) is 0 Å². The van der Waals surface area contributed by atoms with Crippen molar-refractivity contribution in [3.05, 3.63) is 25.1 Å². The van der Waals surface area contributed by atoms with E-state index in [0.29, 0.717) is 23.9 Å². The molecule has 1 aromatic carbocycles. The maximum Gasteiger partial charge on any atom is 0.173 e. The molecule has 0 atom stereocenters. The topological polar surface area (TPSA) is 15.3 Å². The zero-order chi connectivity index (χ0) is 12.7. The summed E-state index contributed by atoms with van der Waals surface area (Å²) in [4.78, 5) is 1.74. The minimum absolute atomic E-state index is 0.144. The van der Waals surface area contributed by atoms with E-state index in [9.17, 15) is 0 Å². The van der Waals surface area contributed by atoms with Crippen molar-refractivity contribution in [3.63, 3.8) is 0 Å². The zero-order valence-corrected chi connectivity index (χ0v) is 12.8. The fraction of sp³-hybridized carbons (Fsp3) is 0.222. The van der Waals surface area contributed by atoms with Gasteiger partial charge in [0.2, 0.25) is 0 Å². The lowest BCUT2D eigenvalue weighted by Gasteiger charge is -2.21. The first-order chi connectivity index (χ1) is 7.95. The van der Waals surface area contributed by atoms with E-state index in [-0.39, 0.29) is 25.1 Å². The third-order valence-electron chi connectivity index (χ3n) is 2.31. The number of nitrogens with zero attached hydrogens (tertiary/aromatic N) is 1. The molecule has 92 valence electrons. The molecule has 1 fully saturated rings. The number of benzene rings is 1. The predicted octanol–water partition coefficient (Wildman–Crippen LogP) is 4.65. The molecule has 1 aliphatic heterocycles. The first-order valence-corrected chi connectivity index (χ1v) is 6.81. The van der Waals surface area contributed by atoms with Gasteiger partial charge in [0.1, 0.15) is 0 Å². The van der Waals surface area contributed by atoms with Crippen LogP contribution in [0.3, 0.4) is 0 Å². The van der Waals surface area contributed by atoms with Crippen molar-refractivity contribution in [2.24, 2.45) is 0 Å². The van der Waals surface area contributed by atoms with Gasteiger partial charge >= 0.3 is 0 Å². The standard InChI is InChI=1S/C9H5Cl5N2S/c10-3-4(11)6(13)8(7(14)5(3)12)16-2-1-15-9(16)17/h1-2H2,(H,15,17). The van der Waals surface area contributed by atoms with Crippen molar-refractivity contribution in [1.29, 1.82) is 0 Å². The van der Waals surface area contributed by atoms with E-state index >= 15 is 0 Å². The van der Waals surface area contributed by atoms with Gasteiger partial charge in [-0.1, -0.05) is 58.0 Å². The van der Waals surface area contributed by atoms with Gasteiger partial charge in [-0.15, -0.1) is 0 Å². The van der Waals surface area contributed by atoms with Crippen LogP contribution in [-0.2, 0) is 0 Å². The van der Waals surface area contributed by atoms with Crippen LogP contribution in [0.4, 0.5) is 5.69 Å². The summed E-state index contributed by atoms with van der Waals surface area (Å²) in [7, 11) is 0. The molecule has 0 aromatic heterocycles. The third kappa shape index (κ3) is 2.29. The average molecular weight is 350 g/mol. The van der Waals surface area contributed by atoms with Gasteiger partial charge in [0.15, 0.2) is 5.11 Å². The maximum absolute atomic E-state index is 6.13. The summed E-state index contributed by atoms with van der Waals surface area (Å²) >= 11 is 35.3. The van der Waals surface area contributed by atoms with E-state index in [2.05, 4.69) is 5.32 Å². The fourth-order valence-electron chi connectivity index (χ4n) is 1.52. The second-order valence-corrected chi connectivity index (χ2v) is 5.58. The Labute approximate surface area is 129 Å². The summed E-state index contributed by atoms with van der Waals surface area (Å²) in [6, 6.07) is 0. The molecule has 0 amide bonds. The summed E-state index contributed by atoms with van der Waals surface area (Å²) in [5.74, 6) is 0. The Hall–Kier alpha value is 0.360. The van der Waals surface area contributed by atoms with Gasteiger partial charge in [0.25, 0.3) is 0 Å². The molecule has 1 heterocycles. The highest BCUT2D eigenvalue weighted by molar-refractivity contribution is 7.80. The van der Waals surface area contributed by atoms with Crippen LogP contribution >= 0.6 is 70.2 Å². The lowest BCUT2D eigenvalue weighted by molar-refractivity contribution is 0.975. The lowest BCUT2D eigenvalue weighted by Crippen LogP contribution is -2.28. The van der Waals surface area contributed by atoms with Crippen molar-refractivity contribution in [2.45, 2.75) is 0 Å². The molecule has 17 heavy (non-hydrogen) atoms. The molecule has 2 nitrogen and oxygen atoms in total. The molecule has 0 radical (unpaired) electrons. The SMILES string of the molecule is S=C1NCCN1c1c(Cl)c(Cl)c(Cl)c(Cl)c1Cl. The highest BCUT2D eigenvalue weighted by Gasteiger charge is 2.27. The van der Waals surface area contributed by atoms with E-state index in [1.807, 2.05) is 0 Å². The second kappa shape index (κ2) is 5.16. The van der Waals surface area contributed by atoms with Crippen molar-refractivity contribution in [3.8, 4) is 0 Å². The molecule has 0 unspecified atom stereocenters. The Balaban J connectivity index is 2.65. The van der Waals surface area contributed by atoms with Crippen LogP contribution in [0, 0.1) is 0 Å². The van der Waals surface area contributed by atoms with Crippen LogP contribution in [0.1, 0.15) is 0 Å². The number of halogens is 5. The number of hydrogen-bond donors (Lipinski definition) is 1. The van der Waals surface area contributed by atoms with Crippen LogP contribution < -0.4 is 10.2 Å². The van der Waals surface area contributed by atoms with Crippen LogP contribution in [-0.4, -0.2) is 18.2 Å². The monoisotopic (exact) mass is 348 g/mol. The molecule has 1 aromatic rings. The molecular formula is C9H5Cl5N2S. The van der Waals surface area contributed by atoms with Crippen LogP contribution in [0.25, 0.3) is 0 Å². The summed E-state index contributed by atoms with van der Waals surface area (Å²) in [6.45, 7) is 1.36. The third-order valence-corrected chi connectivity index (χ3v) is 4.93. The quantitative estimate of drug-likeness (QED) is 0.451. The van der Waals surface area contributed by atoms with Crippen molar-refractivity contribution >= 4 is 81.0 Å². The van der Waals surface area contributed by atoms with Crippen LogP contribution in [0.5, 0.6) is 0 Å². The van der Waals surface area contributed by atoms with Crippen molar-refractivity contribution < 1.29 is 0 Å². The second-order valence-electron chi connectivity index (χ2n) is 3.30. The highest BCUT2D eigenvalue weighted by Crippen LogP contribution is 2.48. The van der Waals surface area contributed by atoms with Crippen LogP contribution in [0.15, 0.2) is 0 Å². The van der Waals surface area contributed by atoms with Gasteiger partial charge in [-0.05, 0) is 12.2 Å². The Morgan fingerprint density at radius 3 is 1.76 bits per heavy atom. The Morgan fingerprint density at radius 2 is 1.35 bits per heavy atom. The number of anilines is 1. The molecule has 8 heteroatoms. The summed E-state index contributed by atoms with van der Waals surface area (Å²) < 4.78 is 0. The highest BCUT2D eigenvalue weighted by atomic mass is 35.5. The summed E-state index contributed by atoms with van der Waals surface area (Å²) in [6.07, 6.45) is 0. The van der Waals surface area contributed by atoms with Gasteiger partial charge in [0.05, 0.1) is 30.8 Å². The molecule has 1 aliphatic rings. The normalized spacial score (nSPS) is 15.4. The minimum Gasteiger partial charge on any atom is -0.360 e. The fourth-order valence-corrected chi connectivity index (χ4v) is 3.13. The lowest BCUT2D eigenvalue weighted by atomic mass is 10.3. The predicted molar refractivity (Wildman–Crippen MR) is 79.4 cm³/mol. The largest absolute Gasteiger partial charge is 0.360 e. The molecule has 0 bridgehead atoms. The molecule has 0 aliphatic carbocycles. The molecule has 2 rings (SSSR count). The number of rotatable bonds is 1. The molecule has 0 saturated carbocycles. The van der Waals surface area contributed by atoms with Gasteiger partial charge < -0.3 is 10.2 Å². The van der Waals surface area contributed by atoms with Gasteiger partial charge in [-0.3, -0.25) is 0 Å². The van der Waals surface area contributed by atoms with Crippen LogP contribution in [0.2, 0.25) is 25.1 Å². The summed E-state index contributed by atoms with van der Waals surface area (Å²) in [5.41, 5.74) is 0.489. The number of hydrogen-bond acceptors (Lipinski definition) is 1. The van der Waals surface area contributed by atoms with Crippen molar-refractivity contribution in [2.75, 3.05) is 18.0 Å². The Morgan fingerprint density at radius 1 is 0.882 bits per heavy atom. The van der Waals surface area contributed by atoms with E-state index < -0.39 is 0 Å². The molecule has 1 N–H and O–H groups in total. The smallest absolute Gasteiger partial charge is 0.173 e. The van der Waals surface area contributed by atoms with E-state index in [1.54, 1.807) is 4.90 Å². The molecule has 1 saturated heterocycles. The minimum atomic E-state index is 0.144. The van der Waals surface area contributed by atoms with E-state index in [0.717, 1.165) is 0 Å². The van der Waals surface area contributed by atoms with Crippen molar-refractivity contribution in [1.82, 2.24) is 5.32 Å². The number of nitrogens with one attached hydrogen (secondary N) is 1. The van der Waals surface area contributed by atoms with Gasteiger partial charge in [-0.25, -0.2) is 0 Å². The zero-order valence-electron chi connectivity index (χ0n) is 8.16.